The lowest BCUT2D eigenvalue weighted by Crippen LogP contribution is -2.50. The zero-order valence-corrected chi connectivity index (χ0v) is 17.1. The molecule has 2 amide bonds. The van der Waals surface area contributed by atoms with Crippen molar-refractivity contribution in [3.63, 3.8) is 0 Å². The van der Waals surface area contributed by atoms with Crippen molar-refractivity contribution in [3.8, 4) is 0 Å². The second-order valence-electron chi connectivity index (χ2n) is 7.86. The van der Waals surface area contributed by atoms with Gasteiger partial charge in [-0.05, 0) is 45.7 Å². The molecule has 0 aromatic carbocycles. The standard InChI is InChI=1S/C20H32N4O3/c1-6-15(7-2)18(25)22-17-9-8-16(14-21-17)23-10-12-24(13-11-23)19(26)27-20(3,4)5/h8-9,14-15H,6-7,10-13H2,1-5H3,(H,21,22,25). The number of ether oxygens (including phenoxy) is 1. The first kappa shape index (κ1) is 21.0. The van der Waals surface area contributed by atoms with E-state index in [1.807, 2.05) is 46.8 Å². The molecule has 1 fully saturated rings. The van der Waals surface area contributed by atoms with Crippen LogP contribution in [0.25, 0.3) is 0 Å². The summed E-state index contributed by atoms with van der Waals surface area (Å²) in [5, 5.41) is 2.88. The number of piperazine rings is 1. The maximum Gasteiger partial charge on any atom is 0.410 e. The zero-order valence-electron chi connectivity index (χ0n) is 17.1. The molecule has 0 radical (unpaired) electrons. The van der Waals surface area contributed by atoms with Gasteiger partial charge in [-0.1, -0.05) is 13.8 Å². The van der Waals surface area contributed by atoms with Gasteiger partial charge in [-0.2, -0.15) is 0 Å². The predicted molar refractivity (Wildman–Crippen MR) is 107 cm³/mol. The van der Waals surface area contributed by atoms with Crippen molar-refractivity contribution in [1.29, 1.82) is 0 Å². The average molecular weight is 377 g/mol. The minimum atomic E-state index is -0.479. The molecule has 1 N–H and O–H groups in total. The quantitative estimate of drug-likeness (QED) is 0.851. The van der Waals surface area contributed by atoms with E-state index in [-0.39, 0.29) is 17.9 Å². The largest absolute Gasteiger partial charge is 0.444 e. The van der Waals surface area contributed by atoms with Crippen molar-refractivity contribution in [2.75, 3.05) is 36.4 Å². The molecule has 0 saturated carbocycles. The molecule has 1 saturated heterocycles. The molecule has 0 spiro atoms. The molecule has 2 heterocycles. The molecule has 0 aliphatic carbocycles. The number of amides is 2. The minimum absolute atomic E-state index is 0.0197. The number of nitrogens with one attached hydrogen (secondary N) is 1. The van der Waals surface area contributed by atoms with Crippen molar-refractivity contribution >= 4 is 23.5 Å². The summed E-state index contributed by atoms with van der Waals surface area (Å²) in [6.07, 6.45) is 3.15. The van der Waals surface area contributed by atoms with Gasteiger partial charge in [-0.3, -0.25) is 4.79 Å². The molecular weight excluding hydrogens is 344 g/mol. The van der Waals surface area contributed by atoms with Gasteiger partial charge in [0.2, 0.25) is 5.91 Å². The Bertz CT molecular complexity index is 628. The Morgan fingerprint density at radius 1 is 1.15 bits per heavy atom. The zero-order chi connectivity index (χ0) is 20.0. The van der Waals surface area contributed by atoms with Crippen LogP contribution in [0.5, 0.6) is 0 Å². The molecule has 1 aromatic rings. The van der Waals surface area contributed by atoms with Crippen LogP contribution in [0.2, 0.25) is 0 Å². The Hall–Kier alpha value is -2.31. The molecular formula is C20H32N4O3. The Labute approximate surface area is 162 Å². The van der Waals surface area contributed by atoms with Crippen LogP contribution in [0.3, 0.4) is 0 Å². The number of rotatable bonds is 5. The van der Waals surface area contributed by atoms with Crippen molar-refractivity contribution in [2.24, 2.45) is 5.92 Å². The van der Waals surface area contributed by atoms with Crippen LogP contribution in [-0.4, -0.2) is 53.7 Å². The van der Waals surface area contributed by atoms with Crippen LogP contribution in [-0.2, 0) is 9.53 Å². The van der Waals surface area contributed by atoms with E-state index in [4.69, 9.17) is 4.74 Å². The molecule has 2 rings (SSSR count). The maximum atomic E-state index is 12.1. The van der Waals surface area contributed by atoms with E-state index in [1.54, 1.807) is 11.1 Å². The molecule has 1 aromatic heterocycles. The van der Waals surface area contributed by atoms with E-state index in [9.17, 15) is 9.59 Å². The summed E-state index contributed by atoms with van der Waals surface area (Å²) < 4.78 is 5.42. The van der Waals surface area contributed by atoms with E-state index in [0.717, 1.165) is 31.6 Å². The van der Waals surface area contributed by atoms with Gasteiger partial charge in [0.15, 0.2) is 0 Å². The SMILES string of the molecule is CCC(CC)C(=O)Nc1ccc(N2CCN(C(=O)OC(C)(C)C)CC2)cn1. The molecule has 150 valence electrons. The molecule has 0 atom stereocenters. The fraction of sp³-hybridized carbons (Fsp3) is 0.650. The highest BCUT2D eigenvalue weighted by Gasteiger charge is 2.26. The highest BCUT2D eigenvalue weighted by molar-refractivity contribution is 5.91. The van der Waals surface area contributed by atoms with Crippen LogP contribution in [0.1, 0.15) is 47.5 Å². The van der Waals surface area contributed by atoms with Crippen LogP contribution >= 0.6 is 0 Å². The summed E-state index contributed by atoms with van der Waals surface area (Å²) in [5.41, 5.74) is 0.506. The average Bonchev–Trinajstić information content (AvgIpc) is 2.62. The number of aromatic nitrogens is 1. The third-order valence-corrected chi connectivity index (χ3v) is 4.65. The van der Waals surface area contributed by atoms with Crippen LogP contribution in [0, 0.1) is 5.92 Å². The summed E-state index contributed by atoms with van der Waals surface area (Å²) in [4.78, 5) is 32.6. The summed E-state index contributed by atoms with van der Waals surface area (Å²) in [6.45, 7) is 12.3. The van der Waals surface area contributed by atoms with E-state index < -0.39 is 5.60 Å². The van der Waals surface area contributed by atoms with Gasteiger partial charge in [0.1, 0.15) is 11.4 Å². The fourth-order valence-electron chi connectivity index (χ4n) is 3.01. The molecule has 1 aliphatic rings. The number of pyridine rings is 1. The summed E-state index contributed by atoms with van der Waals surface area (Å²) >= 11 is 0. The lowest BCUT2D eigenvalue weighted by molar-refractivity contribution is -0.120. The Balaban J connectivity index is 1.88. The number of hydrogen-bond acceptors (Lipinski definition) is 5. The lowest BCUT2D eigenvalue weighted by Gasteiger charge is -2.36. The van der Waals surface area contributed by atoms with E-state index >= 15 is 0 Å². The molecule has 0 bridgehead atoms. The molecule has 7 nitrogen and oxygen atoms in total. The third-order valence-electron chi connectivity index (χ3n) is 4.65. The van der Waals surface area contributed by atoms with Crippen molar-refractivity contribution in [3.05, 3.63) is 18.3 Å². The van der Waals surface area contributed by atoms with E-state index in [2.05, 4.69) is 15.2 Å². The summed E-state index contributed by atoms with van der Waals surface area (Å²) in [6, 6.07) is 3.79. The van der Waals surface area contributed by atoms with Gasteiger partial charge in [0.25, 0.3) is 0 Å². The fourth-order valence-corrected chi connectivity index (χ4v) is 3.01. The number of carbonyl (C=O) groups excluding carboxylic acids is 2. The predicted octanol–water partition coefficient (Wildman–Crippen LogP) is 3.51. The summed E-state index contributed by atoms with van der Waals surface area (Å²) in [5.74, 6) is 0.613. The second-order valence-corrected chi connectivity index (χ2v) is 7.86. The first-order valence-electron chi connectivity index (χ1n) is 9.73. The van der Waals surface area contributed by atoms with Crippen molar-refractivity contribution < 1.29 is 14.3 Å². The van der Waals surface area contributed by atoms with Gasteiger partial charge in [-0.15, -0.1) is 0 Å². The minimum Gasteiger partial charge on any atom is -0.444 e. The van der Waals surface area contributed by atoms with Crippen molar-refractivity contribution in [2.45, 2.75) is 53.1 Å². The van der Waals surface area contributed by atoms with Crippen LogP contribution < -0.4 is 10.2 Å². The number of anilines is 2. The van der Waals surface area contributed by atoms with E-state index in [0.29, 0.717) is 18.9 Å². The molecule has 27 heavy (non-hydrogen) atoms. The van der Waals surface area contributed by atoms with E-state index in [1.165, 1.54) is 0 Å². The first-order chi connectivity index (χ1) is 12.7. The summed E-state index contributed by atoms with van der Waals surface area (Å²) in [7, 11) is 0. The van der Waals surface area contributed by atoms with Crippen LogP contribution in [0.15, 0.2) is 18.3 Å². The molecule has 0 unspecified atom stereocenters. The normalized spacial score (nSPS) is 15.0. The number of carbonyl (C=O) groups is 2. The van der Waals surface area contributed by atoms with Gasteiger partial charge < -0.3 is 19.9 Å². The Kier molecular flexibility index (Phi) is 7.05. The number of nitrogens with zero attached hydrogens (tertiary/aromatic N) is 3. The van der Waals surface area contributed by atoms with Crippen LogP contribution in [0.4, 0.5) is 16.3 Å². The smallest absolute Gasteiger partial charge is 0.410 e. The lowest BCUT2D eigenvalue weighted by atomic mass is 10.0. The second kappa shape index (κ2) is 9.06. The van der Waals surface area contributed by atoms with Gasteiger partial charge in [0, 0.05) is 32.1 Å². The Morgan fingerprint density at radius 3 is 2.26 bits per heavy atom. The highest BCUT2D eigenvalue weighted by atomic mass is 16.6. The van der Waals surface area contributed by atoms with Gasteiger partial charge in [0.05, 0.1) is 11.9 Å². The molecule has 7 heteroatoms. The van der Waals surface area contributed by atoms with Crippen molar-refractivity contribution in [1.82, 2.24) is 9.88 Å². The Morgan fingerprint density at radius 2 is 1.78 bits per heavy atom. The highest BCUT2D eigenvalue weighted by Crippen LogP contribution is 2.19. The maximum absolute atomic E-state index is 12.1. The first-order valence-corrected chi connectivity index (χ1v) is 9.73. The number of hydrogen-bond donors (Lipinski definition) is 1. The third kappa shape index (κ3) is 6.12. The monoisotopic (exact) mass is 376 g/mol. The topological polar surface area (TPSA) is 74.8 Å². The molecule has 1 aliphatic heterocycles. The van der Waals surface area contributed by atoms with Gasteiger partial charge in [-0.25, -0.2) is 9.78 Å². The van der Waals surface area contributed by atoms with Gasteiger partial charge >= 0.3 is 6.09 Å².